The minimum absolute atomic E-state index is 0.0623. The van der Waals surface area contributed by atoms with Gasteiger partial charge in [-0.2, -0.15) is 0 Å². The average molecular weight is 417 g/mol. The molecular formula is C20H23N3O5S. The van der Waals surface area contributed by atoms with Gasteiger partial charge in [0.05, 0.1) is 29.7 Å². The lowest BCUT2D eigenvalue weighted by molar-refractivity contribution is -0.122. The molecule has 0 saturated heterocycles. The molecule has 0 saturated carbocycles. The SMILES string of the molecule is CC(C)NC(=O)c1ccccc1NC(=O)[C@@H]1CN(S(C)(=O)=O)c2ccccc2O1. The van der Waals surface area contributed by atoms with Crippen molar-refractivity contribution in [2.75, 3.05) is 22.4 Å². The zero-order chi connectivity index (χ0) is 21.2. The first kappa shape index (κ1) is 20.7. The van der Waals surface area contributed by atoms with Gasteiger partial charge in [-0.25, -0.2) is 8.42 Å². The predicted molar refractivity (Wildman–Crippen MR) is 111 cm³/mol. The van der Waals surface area contributed by atoms with Gasteiger partial charge in [-0.15, -0.1) is 0 Å². The number of rotatable bonds is 5. The van der Waals surface area contributed by atoms with E-state index in [1.54, 1.807) is 48.5 Å². The molecule has 9 heteroatoms. The second kappa shape index (κ2) is 8.12. The van der Waals surface area contributed by atoms with Crippen molar-refractivity contribution >= 4 is 33.2 Å². The maximum absolute atomic E-state index is 12.9. The molecule has 8 nitrogen and oxygen atoms in total. The van der Waals surface area contributed by atoms with Gasteiger partial charge < -0.3 is 15.4 Å². The number of carbonyl (C=O) groups is 2. The lowest BCUT2D eigenvalue weighted by Gasteiger charge is -2.33. The summed E-state index contributed by atoms with van der Waals surface area (Å²) in [5.74, 6) is -0.559. The van der Waals surface area contributed by atoms with Crippen molar-refractivity contribution < 1.29 is 22.7 Å². The van der Waals surface area contributed by atoms with Crippen molar-refractivity contribution in [1.29, 1.82) is 0 Å². The number of para-hydroxylation sites is 3. The number of sulfonamides is 1. The van der Waals surface area contributed by atoms with Gasteiger partial charge in [0.1, 0.15) is 5.75 Å². The number of ether oxygens (including phenoxy) is 1. The van der Waals surface area contributed by atoms with Crippen LogP contribution in [0.3, 0.4) is 0 Å². The topological polar surface area (TPSA) is 105 Å². The van der Waals surface area contributed by atoms with E-state index in [0.717, 1.165) is 10.6 Å². The molecule has 0 radical (unpaired) electrons. The van der Waals surface area contributed by atoms with Gasteiger partial charge in [0.15, 0.2) is 6.10 Å². The number of hydrogen-bond acceptors (Lipinski definition) is 5. The molecule has 1 aliphatic heterocycles. The van der Waals surface area contributed by atoms with Crippen molar-refractivity contribution in [2.45, 2.75) is 26.0 Å². The number of anilines is 2. The molecule has 0 bridgehead atoms. The Morgan fingerprint density at radius 1 is 1.10 bits per heavy atom. The first-order valence-electron chi connectivity index (χ1n) is 9.11. The Balaban J connectivity index is 1.85. The van der Waals surface area contributed by atoms with Crippen molar-refractivity contribution in [3.8, 4) is 5.75 Å². The zero-order valence-electron chi connectivity index (χ0n) is 16.4. The smallest absolute Gasteiger partial charge is 0.267 e. The second-order valence-electron chi connectivity index (χ2n) is 7.03. The second-order valence-corrected chi connectivity index (χ2v) is 8.94. The minimum Gasteiger partial charge on any atom is -0.476 e. The van der Waals surface area contributed by atoms with E-state index in [0.29, 0.717) is 22.7 Å². The third-order valence-corrected chi connectivity index (χ3v) is 5.42. The monoisotopic (exact) mass is 417 g/mol. The third-order valence-electron chi connectivity index (χ3n) is 4.28. The summed E-state index contributed by atoms with van der Waals surface area (Å²) in [7, 11) is -3.60. The molecule has 0 fully saturated rings. The van der Waals surface area contributed by atoms with Crippen LogP contribution in [0, 0.1) is 0 Å². The lowest BCUT2D eigenvalue weighted by Crippen LogP contribution is -2.48. The van der Waals surface area contributed by atoms with E-state index in [-0.39, 0.29) is 18.5 Å². The van der Waals surface area contributed by atoms with Crippen LogP contribution in [0.1, 0.15) is 24.2 Å². The predicted octanol–water partition coefficient (Wildman–Crippen LogP) is 1.99. The largest absolute Gasteiger partial charge is 0.476 e. The van der Waals surface area contributed by atoms with E-state index in [1.807, 2.05) is 13.8 Å². The molecule has 29 heavy (non-hydrogen) atoms. The van der Waals surface area contributed by atoms with Gasteiger partial charge in [0.25, 0.3) is 11.8 Å². The van der Waals surface area contributed by atoms with Crippen LogP contribution in [0.4, 0.5) is 11.4 Å². The molecule has 0 spiro atoms. The molecule has 154 valence electrons. The Labute approximate surface area is 169 Å². The van der Waals surface area contributed by atoms with Crippen LogP contribution in [0.25, 0.3) is 0 Å². The zero-order valence-corrected chi connectivity index (χ0v) is 17.2. The van der Waals surface area contributed by atoms with Crippen LogP contribution in [-0.4, -0.2) is 45.2 Å². The molecule has 1 atom stereocenters. The maximum Gasteiger partial charge on any atom is 0.267 e. The van der Waals surface area contributed by atoms with Crippen molar-refractivity contribution in [2.24, 2.45) is 0 Å². The van der Waals surface area contributed by atoms with Crippen LogP contribution in [0.2, 0.25) is 0 Å². The molecule has 0 aliphatic carbocycles. The maximum atomic E-state index is 12.9. The summed E-state index contributed by atoms with van der Waals surface area (Å²) in [5.41, 5.74) is 1.02. The first-order chi connectivity index (χ1) is 13.7. The fourth-order valence-electron chi connectivity index (χ4n) is 3.00. The van der Waals surface area contributed by atoms with E-state index in [2.05, 4.69) is 10.6 Å². The van der Waals surface area contributed by atoms with Crippen LogP contribution in [0.15, 0.2) is 48.5 Å². The Morgan fingerprint density at radius 2 is 1.76 bits per heavy atom. The Bertz CT molecular complexity index is 1040. The number of hydrogen-bond donors (Lipinski definition) is 2. The van der Waals surface area contributed by atoms with Gasteiger partial charge in [0.2, 0.25) is 10.0 Å². The highest BCUT2D eigenvalue weighted by Crippen LogP contribution is 2.34. The normalized spacial score (nSPS) is 16.0. The molecule has 2 N–H and O–H groups in total. The molecule has 2 aromatic rings. The standard InChI is InChI=1S/C20H23N3O5S/c1-13(2)21-19(24)14-8-4-5-9-15(14)22-20(25)18-12-23(29(3,26)27)16-10-6-7-11-17(16)28-18/h4-11,13,18H,12H2,1-3H3,(H,21,24)(H,22,25)/t18-/m0/s1. The number of carbonyl (C=O) groups excluding carboxylic acids is 2. The van der Waals surface area contributed by atoms with E-state index in [4.69, 9.17) is 4.74 Å². The summed E-state index contributed by atoms with van der Waals surface area (Å²) in [5, 5.41) is 5.47. The number of amides is 2. The van der Waals surface area contributed by atoms with Crippen LogP contribution in [-0.2, 0) is 14.8 Å². The highest BCUT2D eigenvalue weighted by atomic mass is 32.2. The summed E-state index contributed by atoms with van der Waals surface area (Å²) < 4.78 is 31.3. The van der Waals surface area contributed by atoms with E-state index >= 15 is 0 Å². The number of nitrogens with zero attached hydrogens (tertiary/aromatic N) is 1. The molecule has 1 heterocycles. The summed E-state index contributed by atoms with van der Waals surface area (Å²) in [4.78, 5) is 25.3. The molecule has 2 amide bonds. The van der Waals surface area contributed by atoms with Crippen LogP contribution < -0.4 is 19.7 Å². The van der Waals surface area contributed by atoms with Crippen molar-refractivity contribution in [3.63, 3.8) is 0 Å². The van der Waals surface area contributed by atoms with Gasteiger partial charge in [0, 0.05) is 6.04 Å². The number of benzene rings is 2. The molecule has 1 aliphatic rings. The molecule has 3 rings (SSSR count). The van der Waals surface area contributed by atoms with Gasteiger partial charge in [-0.05, 0) is 38.1 Å². The lowest BCUT2D eigenvalue weighted by atomic mass is 10.1. The highest BCUT2D eigenvalue weighted by molar-refractivity contribution is 7.92. The van der Waals surface area contributed by atoms with Gasteiger partial charge in [-0.1, -0.05) is 24.3 Å². The van der Waals surface area contributed by atoms with E-state index in [9.17, 15) is 18.0 Å². The minimum atomic E-state index is -3.60. The number of fused-ring (bicyclic) bond motifs is 1. The molecule has 2 aromatic carbocycles. The summed E-state index contributed by atoms with van der Waals surface area (Å²) in [6.07, 6.45) is 0.0103. The van der Waals surface area contributed by atoms with Gasteiger partial charge in [-0.3, -0.25) is 13.9 Å². The van der Waals surface area contributed by atoms with E-state index in [1.165, 1.54) is 0 Å². The number of nitrogens with one attached hydrogen (secondary N) is 2. The quantitative estimate of drug-likeness (QED) is 0.774. The molecule has 0 unspecified atom stereocenters. The van der Waals surface area contributed by atoms with Crippen LogP contribution >= 0.6 is 0 Å². The molecular weight excluding hydrogens is 394 g/mol. The van der Waals surface area contributed by atoms with Crippen molar-refractivity contribution in [3.05, 3.63) is 54.1 Å². The fourth-order valence-corrected chi connectivity index (χ4v) is 3.91. The summed E-state index contributed by atoms with van der Waals surface area (Å²) in [6.45, 7) is 3.51. The fraction of sp³-hybridized carbons (Fsp3) is 0.300. The van der Waals surface area contributed by atoms with Crippen molar-refractivity contribution in [1.82, 2.24) is 5.32 Å². The highest BCUT2D eigenvalue weighted by Gasteiger charge is 2.35. The van der Waals surface area contributed by atoms with Gasteiger partial charge >= 0.3 is 0 Å². The first-order valence-corrected chi connectivity index (χ1v) is 11.0. The van der Waals surface area contributed by atoms with Crippen LogP contribution in [0.5, 0.6) is 5.75 Å². The Morgan fingerprint density at radius 3 is 2.45 bits per heavy atom. The summed E-state index contributed by atoms with van der Waals surface area (Å²) in [6, 6.07) is 13.2. The average Bonchev–Trinajstić information content (AvgIpc) is 2.66. The third kappa shape index (κ3) is 4.68. The Kier molecular flexibility index (Phi) is 5.78. The molecule has 0 aromatic heterocycles. The van der Waals surface area contributed by atoms with E-state index < -0.39 is 22.0 Å². The Hall–Kier alpha value is -3.07. The summed E-state index contributed by atoms with van der Waals surface area (Å²) >= 11 is 0.